The SMILES string of the molecule is CCNC(CSC(C)(C)C)c1c(Br)cnn1CCOC. The normalized spacial score (nSPS) is 13.7. The first-order valence-electron chi connectivity index (χ1n) is 6.96. The Kier molecular flexibility index (Phi) is 7.58. The minimum Gasteiger partial charge on any atom is -0.383 e. The fraction of sp³-hybridized carbons (Fsp3) is 0.786. The van der Waals surface area contributed by atoms with E-state index in [0.29, 0.717) is 6.61 Å². The molecule has 0 aliphatic carbocycles. The molecule has 20 heavy (non-hydrogen) atoms. The molecule has 0 aliphatic heterocycles. The smallest absolute Gasteiger partial charge is 0.0705 e. The van der Waals surface area contributed by atoms with Crippen LogP contribution in [-0.4, -0.2) is 40.5 Å². The average molecular weight is 364 g/mol. The fourth-order valence-electron chi connectivity index (χ4n) is 1.89. The molecule has 1 aromatic rings. The van der Waals surface area contributed by atoms with Gasteiger partial charge in [0.05, 0.1) is 35.6 Å². The van der Waals surface area contributed by atoms with E-state index in [1.165, 1.54) is 5.69 Å². The summed E-state index contributed by atoms with van der Waals surface area (Å²) in [5.41, 5.74) is 1.21. The third-order valence-electron chi connectivity index (χ3n) is 2.80. The molecule has 116 valence electrons. The second kappa shape index (κ2) is 8.41. The first kappa shape index (κ1) is 18.0. The third-order valence-corrected chi connectivity index (χ3v) is 4.78. The van der Waals surface area contributed by atoms with Gasteiger partial charge in [0.2, 0.25) is 0 Å². The Hall–Kier alpha value is -0.0400. The predicted molar refractivity (Wildman–Crippen MR) is 90.4 cm³/mol. The van der Waals surface area contributed by atoms with E-state index < -0.39 is 0 Å². The van der Waals surface area contributed by atoms with E-state index in [-0.39, 0.29) is 10.8 Å². The van der Waals surface area contributed by atoms with Crippen LogP contribution >= 0.6 is 27.7 Å². The minimum absolute atomic E-state index is 0.261. The highest BCUT2D eigenvalue weighted by Crippen LogP contribution is 2.31. The quantitative estimate of drug-likeness (QED) is 0.767. The van der Waals surface area contributed by atoms with Crippen molar-refractivity contribution in [3.63, 3.8) is 0 Å². The molecule has 0 aromatic carbocycles. The van der Waals surface area contributed by atoms with Crippen LogP contribution in [0.5, 0.6) is 0 Å². The maximum atomic E-state index is 5.16. The standard InChI is InChI=1S/C14H26BrN3OS/c1-6-16-12(10-20-14(2,3)4)13-11(15)9-17-18(13)7-8-19-5/h9,12,16H,6-8,10H2,1-5H3. The lowest BCUT2D eigenvalue weighted by Crippen LogP contribution is -2.28. The number of hydrogen-bond acceptors (Lipinski definition) is 4. The molecule has 1 aromatic heterocycles. The van der Waals surface area contributed by atoms with Crippen molar-refractivity contribution in [1.82, 2.24) is 15.1 Å². The summed E-state index contributed by atoms with van der Waals surface area (Å²) in [6.45, 7) is 11.3. The lowest BCUT2D eigenvalue weighted by molar-refractivity contribution is 0.182. The predicted octanol–water partition coefficient (Wildman–Crippen LogP) is 3.47. The largest absolute Gasteiger partial charge is 0.383 e. The molecule has 4 nitrogen and oxygen atoms in total. The molecule has 0 fully saturated rings. The molecule has 6 heteroatoms. The monoisotopic (exact) mass is 363 g/mol. The number of nitrogens with zero attached hydrogens (tertiary/aromatic N) is 2. The highest BCUT2D eigenvalue weighted by Gasteiger charge is 2.22. The summed E-state index contributed by atoms with van der Waals surface area (Å²) in [6, 6.07) is 0.290. The zero-order valence-electron chi connectivity index (χ0n) is 13.1. The van der Waals surface area contributed by atoms with Crippen molar-refractivity contribution in [2.45, 2.75) is 45.0 Å². The van der Waals surface area contributed by atoms with Gasteiger partial charge < -0.3 is 10.1 Å². The summed E-state index contributed by atoms with van der Waals surface area (Å²) in [5.74, 6) is 1.02. The van der Waals surface area contributed by atoms with Crippen LogP contribution in [0.2, 0.25) is 0 Å². The molecule has 0 spiro atoms. The van der Waals surface area contributed by atoms with Crippen LogP contribution in [0, 0.1) is 0 Å². The number of aromatic nitrogens is 2. The van der Waals surface area contributed by atoms with Crippen molar-refractivity contribution >= 4 is 27.7 Å². The molecule has 1 atom stereocenters. The van der Waals surface area contributed by atoms with Crippen LogP contribution in [0.3, 0.4) is 0 Å². The Morgan fingerprint density at radius 3 is 2.75 bits per heavy atom. The second-order valence-electron chi connectivity index (χ2n) is 5.63. The van der Waals surface area contributed by atoms with Crippen LogP contribution in [0.25, 0.3) is 0 Å². The molecular weight excluding hydrogens is 338 g/mol. The van der Waals surface area contributed by atoms with Gasteiger partial charge in [0.1, 0.15) is 0 Å². The zero-order valence-corrected chi connectivity index (χ0v) is 15.5. The van der Waals surface area contributed by atoms with Crippen LogP contribution < -0.4 is 5.32 Å². The van der Waals surface area contributed by atoms with Crippen molar-refractivity contribution < 1.29 is 4.74 Å². The van der Waals surface area contributed by atoms with E-state index >= 15 is 0 Å². The van der Waals surface area contributed by atoms with Gasteiger partial charge in [-0.05, 0) is 22.5 Å². The number of thioether (sulfide) groups is 1. The summed E-state index contributed by atoms with van der Waals surface area (Å²) < 4.78 is 8.52. The van der Waals surface area contributed by atoms with Gasteiger partial charge in [-0.15, -0.1) is 0 Å². The first-order chi connectivity index (χ1) is 9.39. The summed E-state index contributed by atoms with van der Waals surface area (Å²) in [6.07, 6.45) is 1.87. The molecule has 0 saturated carbocycles. The van der Waals surface area contributed by atoms with Gasteiger partial charge in [-0.1, -0.05) is 27.7 Å². The number of rotatable bonds is 8. The van der Waals surface area contributed by atoms with Gasteiger partial charge >= 0.3 is 0 Å². The summed E-state index contributed by atoms with van der Waals surface area (Å²) in [7, 11) is 1.72. The number of methoxy groups -OCH3 is 1. The molecule has 1 N–H and O–H groups in total. The van der Waals surface area contributed by atoms with Gasteiger partial charge in [-0.3, -0.25) is 4.68 Å². The maximum Gasteiger partial charge on any atom is 0.0705 e. The van der Waals surface area contributed by atoms with Crippen LogP contribution in [0.1, 0.15) is 39.4 Å². The van der Waals surface area contributed by atoms with E-state index in [2.05, 4.69) is 54.0 Å². The van der Waals surface area contributed by atoms with E-state index in [4.69, 9.17) is 4.74 Å². The van der Waals surface area contributed by atoms with E-state index in [0.717, 1.165) is 23.3 Å². The lowest BCUT2D eigenvalue weighted by atomic mass is 10.2. The Balaban J connectivity index is 2.86. The van der Waals surface area contributed by atoms with Crippen molar-refractivity contribution in [3.05, 3.63) is 16.4 Å². The molecule has 0 radical (unpaired) electrons. The number of ether oxygens (including phenoxy) is 1. The van der Waals surface area contributed by atoms with Crippen LogP contribution in [0.15, 0.2) is 10.7 Å². The first-order valence-corrected chi connectivity index (χ1v) is 8.74. The van der Waals surface area contributed by atoms with Crippen molar-refractivity contribution in [1.29, 1.82) is 0 Å². The van der Waals surface area contributed by atoms with E-state index in [1.807, 2.05) is 22.6 Å². The van der Waals surface area contributed by atoms with E-state index in [1.54, 1.807) is 7.11 Å². The minimum atomic E-state index is 0.261. The Bertz CT molecular complexity index is 404. The summed E-state index contributed by atoms with van der Waals surface area (Å²) in [4.78, 5) is 0. The summed E-state index contributed by atoms with van der Waals surface area (Å²) in [5, 5.41) is 8.00. The zero-order chi connectivity index (χ0) is 15.2. The molecule has 0 aliphatic rings. The topological polar surface area (TPSA) is 39.1 Å². The molecular formula is C14H26BrN3OS. The molecule has 1 heterocycles. The Labute approximate surface area is 135 Å². The third kappa shape index (κ3) is 5.76. The number of nitrogens with one attached hydrogen (secondary N) is 1. The highest BCUT2D eigenvalue weighted by atomic mass is 79.9. The van der Waals surface area contributed by atoms with Gasteiger partial charge in [-0.25, -0.2) is 0 Å². The maximum absolute atomic E-state index is 5.16. The van der Waals surface area contributed by atoms with E-state index in [9.17, 15) is 0 Å². The van der Waals surface area contributed by atoms with Crippen molar-refractivity contribution in [2.24, 2.45) is 0 Å². The number of hydrogen-bond donors (Lipinski definition) is 1. The van der Waals surface area contributed by atoms with Crippen LogP contribution in [0.4, 0.5) is 0 Å². The van der Waals surface area contributed by atoms with Crippen molar-refractivity contribution in [3.8, 4) is 0 Å². The van der Waals surface area contributed by atoms with Gasteiger partial charge in [0, 0.05) is 17.6 Å². The molecule has 1 unspecified atom stereocenters. The van der Waals surface area contributed by atoms with Gasteiger partial charge in [0.25, 0.3) is 0 Å². The van der Waals surface area contributed by atoms with Crippen LogP contribution in [-0.2, 0) is 11.3 Å². The average Bonchev–Trinajstić information content (AvgIpc) is 2.72. The van der Waals surface area contributed by atoms with Gasteiger partial charge in [-0.2, -0.15) is 16.9 Å². The second-order valence-corrected chi connectivity index (χ2v) is 8.33. The molecule has 0 bridgehead atoms. The molecule has 0 amide bonds. The van der Waals surface area contributed by atoms with Gasteiger partial charge in [0.15, 0.2) is 0 Å². The lowest BCUT2D eigenvalue weighted by Gasteiger charge is -2.24. The summed E-state index contributed by atoms with van der Waals surface area (Å²) >= 11 is 5.59. The fourth-order valence-corrected chi connectivity index (χ4v) is 3.40. The Morgan fingerprint density at radius 2 is 2.20 bits per heavy atom. The Morgan fingerprint density at radius 1 is 1.50 bits per heavy atom. The molecule has 0 saturated heterocycles. The highest BCUT2D eigenvalue weighted by molar-refractivity contribution is 9.10. The number of halogens is 1. The van der Waals surface area contributed by atoms with Crippen molar-refractivity contribution in [2.75, 3.05) is 26.0 Å². The molecule has 1 rings (SSSR count).